The molecule has 0 aromatic heterocycles. The number of rotatable bonds is 8. The van der Waals surface area contributed by atoms with E-state index in [1.807, 2.05) is 0 Å². The van der Waals surface area contributed by atoms with Gasteiger partial charge in [0.05, 0.1) is 6.17 Å². The van der Waals surface area contributed by atoms with Crippen LogP contribution in [-0.2, 0) is 0 Å². The first-order valence-corrected chi connectivity index (χ1v) is 6.03. The first-order chi connectivity index (χ1) is 6.56. The summed E-state index contributed by atoms with van der Waals surface area (Å²) in [5, 5.41) is 7.13. The van der Waals surface area contributed by atoms with Crippen LogP contribution in [0.2, 0.25) is 0 Å². The van der Waals surface area contributed by atoms with E-state index in [0.717, 1.165) is 24.9 Å². The van der Waals surface area contributed by atoms with Gasteiger partial charge in [0.2, 0.25) is 0 Å². The molecule has 0 heterocycles. The third-order valence-electron chi connectivity index (χ3n) is 2.12. The number of hydrogen-bond donors (Lipinski definition) is 2. The SMILES string of the molecule is CCCC(NCC(C)C)NCC(C)C. The largest absolute Gasteiger partial charge is 0.302 e. The second kappa shape index (κ2) is 8.25. The quantitative estimate of drug-likeness (QED) is 0.589. The van der Waals surface area contributed by atoms with Gasteiger partial charge in [0, 0.05) is 0 Å². The summed E-state index contributed by atoms with van der Waals surface area (Å²) in [6.07, 6.45) is 2.96. The molecular weight excluding hydrogens is 172 g/mol. The van der Waals surface area contributed by atoms with Gasteiger partial charge in [0.1, 0.15) is 0 Å². The standard InChI is InChI=1S/C12H28N2/c1-6-7-12(13-8-10(2)3)14-9-11(4)5/h10-14H,6-9H2,1-5H3. The van der Waals surface area contributed by atoms with Gasteiger partial charge in [0.15, 0.2) is 0 Å². The minimum absolute atomic E-state index is 0.504. The molecule has 0 aromatic rings. The normalized spacial score (nSPS) is 12.0. The fourth-order valence-corrected chi connectivity index (χ4v) is 1.32. The van der Waals surface area contributed by atoms with Crippen LogP contribution in [0.5, 0.6) is 0 Å². The van der Waals surface area contributed by atoms with Crippen LogP contribution >= 0.6 is 0 Å². The molecule has 14 heavy (non-hydrogen) atoms. The highest BCUT2D eigenvalue weighted by Crippen LogP contribution is 1.97. The summed E-state index contributed by atoms with van der Waals surface area (Å²) < 4.78 is 0. The van der Waals surface area contributed by atoms with Gasteiger partial charge in [0.25, 0.3) is 0 Å². The van der Waals surface area contributed by atoms with E-state index < -0.39 is 0 Å². The Labute approximate surface area is 89.9 Å². The predicted octanol–water partition coefficient (Wildman–Crippen LogP) is 2.60. The van der Waals surface area contributed by atoms with Crippen LogP contribution in [0.4, 0.5) is 0 Å². The molecule has 0 rings (SSSR count). The van der Waals surface area contributed by atoms with Crippen LogP contribution in [-0.4, -0.2) is 19.3 Å². The highest BCUT2D eigenvalue weighted by molar-refractivity contribution is 4.65. The second-order valence-electron chi connectivity index (χ2n) is 4.95. The Morgan fingerprint density at radius 1 is 0.857 bits per heavy atom. The number of hydrogen-bond acceptors (Lipinski definition) is 2. The van der Waals surface area contributed by atoms with Crippen molar-refractivity contribution >= 4 is 0 Å². The van der Waals surface area contributed by atoms with Crippen molar-refractivity contribution < 1.29 is 0 Å². The molecule has 0 saturated carbocycles. The summed E-state index contributed by atoms with van der Waals surface area (Å²) in [5.74, 6) is 1.46. The van der Waals surface area contributed by atoms with Gasteiger partial charge in [-0.1, -0.05) is 41.0 Å². The van der Waals surface area contributed by atoms with Gasteiger partial charge in [-0.05, 0) is 31.3 Å². The van der Waals surface area contributed by atoms with Crippen LogP contribution in [0.1, 0.15) is 47.5 Å². The van der Waals surface area contributed by atoms with E-state index >= 15 is 0 Å². The lowest BCUT2D eigenvalue weighted by Gasteiger charge is -2.22. The third kappa shape index (κ3) is 8.52. The number of nitrogens with one attached hydrogen (secondary N) is 2. The molecule has 2 nitrogen and oxygen atoms in total. The van der Waals surface area contributed by atoms with Crippen LogP contribution in [0.3, 0.4) is 0 Å². The van der Waals surface area contributed by atoms with Crippen molar-refractivity contribution in [3.63, 3.8) is 0 Å². The molecular formula is C12H28N2. The van der Waals surface area contributed by atoms with Gasteiger partial charge in [-0.25, -0.2) is 0 Å². The lowest BCUT2D eigenvalue weighted by atomic mass is 10.2. The molecule has 86 valence electrons. The van der Waals surface area contributed by atoms with Gasteiger partial charge in [-0.2, -0.15) is 0 Å². The average molecular weight is 200 g/mol. The minimum atomic E-state index is 0.504. The molecule has 0 aliphatic rings. The Morgan fingerprint density at radius 3 is 1.57 bits per heavy atom. The first kappa shape index (κ1) is 13.9. The minimum Gasteiger partial charge on any atom is -0.302 e. The van der Waals surface area contributed by atoms with Gasteiger partial charge < -0.3 is 10.6 Å². The van der Waals surface area contributed by atoms with E-state index in [2.05, 4.69) is 45.3 Å². The lowest BCUT2D eigenvalue weighted by Crippen LogP contribution is -2.44. The molecule has 0 aromatic carbocycles. The van der Waals surface area contributed by atoms with Crippen molar-refractivity contribution in [1.82, 2.24) is 10.6 Å². The Balaban J connectivity index is 3.65. The molecule has 0 aliphatic heterocycles. The summed E-state index contributed by atoms with van der Waals surface area (Å²) in [6.45, 7) is 13.4. The highest BCUT2D eigenvalue weighted by Gasteiger charge is 2.07. The molecule has 2 N–H and O–H groups in total. The van der Waals surface area contributed by atoms with Crippen molar-refractivity contribution in [2.45, 2.75) is 53.6 Å². The summed E-state index contributed by atoms with van der Waals surface area (Å²) in [4.78, 5) is 0. The third-order valence-corrected chi connectivity index (χ3v) is 2.12. The van der Waals surface area contributed by atoms with Crippen LogP contribution in [0.25, 0.3) is 0 Å². The van der Waals surface area contributed by atoms with E-state index in [9.17, 15) is 0 Å². The molecule has 0 unspecified atom stereocenters. The summed E-state index contributed by atoms with van der Waals surface area (Å²) in [7, 11) is 0. The van der Waals surface area contributed by atoms with E-state index in [1.165, 1.54) is 12.8 Å². The van der Waals surface area contributed by atoms with Crippen molar-refractivity contribution in [3.05, 3.63) is 0 Å². The molecule has 0 radical (unpaired) electrons. The van der Waals surface area contributed by atoms with Crippen LogP contribution in [0, 0.1) is 11.8 Å². The summed E-state index contributed by atoms with van der Waals surface area (Å²) in [6, 6.07) is 0. The van der Waals surface area contributed by atoms with Crippen molar-refractivity contribution in [3.8, 4) is 0 Å². The van der Waals surface area contributed by atoms with E-state index in [4.69, 9.17) is 0 Å². The van der Waals surface area contributed by atoms with Crippen LogP contribution < -0.4 is 10.6 Å². The van der Waals surface area contributed by atoms with Crippen molar-refractivity contribution in [1.29, 1.82) is 0 Å². The monoisotopic (exact) mass is 200 g/mol. The smallest absolute Gasteiger partial charge is 0.0571 e. The lowest BCUT2D eigenvalue weighted by molar-refractivity contribution is 0.359. The zero-order valence-corrected chi connectivity index (χ0v) is 10.6. The second-order valence-corrected chi connectivity index (χ2v) is 4.95. The first-order valence-electron chi connectivity index (χ1n) is 6.03. The van der Waals surface area contributed by atoms with E-state index in [-0.39, 0.29) is 0 Å². The van der Waals surface area contributed by atoms with Crippen molar-refractivity contribution in [2.75, 3.05) is 13.1 Å². The van der Waals surface area contributed by atoms with Gasteiger partial charge in [-0.15, -0.1) is 0 Å². The summed E-state index contributed by atoms with van der Waals surface area (Å²) in [5.41, 5.74) is 0. The average Bonchev–Trinajstić information content (AvgIpc) is 2.09. The maximum Gasteiger partial charge on any atom is 0.0571 e. The summed E-state index contributed by atoms with van der Waals surface area (Å²) >= 11 is 0. The zero-order chi connectivity index (χ0) is 11.0. The molecule has 0 amide bonds. The fraction of sp³-hybridized carbons (Fsp3) is 1.00. The fourth-order valence-electron chi connectivity index (χ4n) is 1.32. The molecule has 0 aliphatic carbocycles. The zero-order valence-electron chi connectivity index (χ0n) is 10.6. The highest BCUT2D eigenvalue weighted by atomic mass is 15.1. The Hall–Kier alpha value is -0.0800. The Kier molecular flexibility index (Phi) is 8.20. The Morgan fingerprint density at radius 2 is 1.29 bits per heavy atom. The predicted molar refractivity (Wildman–Crippen MR) is 64.4 cm³/mol. The molecule has 0 bridgehead atoms. The molecule has 2 heteroatoms. The van der Waals surface area contributed by atoms with Crippen molar-refractivity contribution in [2.24, 2.45) is 11.8 Å². The van der Waals surface area contributed by atoms with Crippen LogP contribution in [0.15, 0.2) is 0 Å². The molecule has 0 saturated heterocycles. The topological polar surface area (TPSA) is 24.1 Å². The Bertz CT molecular complexity index is 109. The van der Waals surface area contributed by atoms with E-state index in [0.29, 0.717) is 6.17 Å². The van der Waals surface area contributed by atoms with Gasteiger partial charge in [-0.3, -0.25) is 0 Å². The molecule has 0 atom stereocenters. The van der Waals surface area contributed by atoms with E-state index in [1.54, 1.807) is 0 Å². The molecule has 0 spiro atoms. The maximum atomic E-state index is 3.56. The maximum absolute atomic E-state index is 3.56. The van der Waals surface area contributed by atoms with Gasteiger partial charge >= 0.3 is 0 Å². The molecule has 0 fully saturated rings.